The topological polar surface area (TPSA) is 35.0 Å². The minimum Gasteiger partial charge on any atom is -0.378 e. The van der Waals surface area contributed by atoms with E-state index in [0.29, 0.717) is 12.2 Å². The Morgan fingerprint density at radius 2 is 1.95 bits per heavy atom. The zero-order chi connectivity index (χ0) is 15.7. The van der Waals surface area contributed by atoms with Crippen LogP contribution >= 0.6 is 0 Å². The van der Waals surface area contributed by atoms with Gasteiger partial charge < -0.3 is 4.74 Å². The molecule has 0 aliphatic heterocycles. The quantitative estimate of drug-likeness (QED) is 0.726. The standard InChI is InChI=1S/C18H17FN2O/c1-11-6-15(13-4-5-16(19)12(2)8-13)18-17(7-11)21-14(9-20-18)10-22-3/h4-9H,10H2,1-3H3. The zero-order valence-electron chi connectivity index (χ0n) is 12.9. The van der Waals surface area contributed by atoms with Gasteiger partial charge in [-0.15, -0.1) is 0 Å². The third kappa shape index (κ3) is 2.70. The lowest BCUT2D eigenvalue weighted by atomic mass is 9.99. The first kappa shape index (κ1) is 14.6. The second-order valence-electron chi connectivity index (χ2n) is 5.44. The van der Waals surface area contributed by atoms with E-state index in [4.69, 9.17) is 4.74 Å². The van der Waals surface area contributed by atoms with Crippen molar-refractivity contribution in [3.63, 3.8) is 0 Å². The van der Waals surface area contributed by atoms with Crippen molar-refractivity contribution >= 4 is 11.0 Å². The smallest absolute Gasteiger partial charge is 0.126 e. The predicted molar refractivity (Wildman–Crippen MR) is 85.1 cm³/mol. The van der Waals surface area contributed by atoms with E-state index in [9.17, 15) is 4.39 Å². The fourth-order valence-electron chi connectivity index (χ4n) is 2.55. The summed E-state index contributed by atoms with van der Waals surface area (Å²) in [5.41, 5.74) is 6.06. The van der Waals surface area contributed by atoms with Crippen molar-refractivity contribution < 1.29 is 9.13 Å². The van der Waals surface area contributed by atoms with Crippen LogP contribution in [0.5, 0.6) is 0 Å². The van der Waals surface area contributed by atoms with Crippen LogP contribution in [-0.4, -0.2) is 17.1 Å². The van der Waals surface area contributed by atoms with E-state index < -0.39 is 0 Å². The van der Waals surface area contributed by atoms with Crippen LogP contribution in [0.2, 0.25) is 0 Å². The molecule has 0 N–H and O–H groups in total. The molecule has 112 valence electrons. The second-order valence-corrected chi connectivity index (χ2v) is 5.44. The number of hydrogen-bond acceptors (Lipinski definition) is 3. The van der Waals surface area contributed by atoms with Crippen LogP contribution in [0.3, 0.4) is 0 Å². The number of hydrogen-bond donors (Lipinski definition) is 0. The molecule has 0 unspecified atom stereocenters. The zero-order valence-corrected chi connectivity index (χ0v) is 12.9. The first-order chi connectivity index (χ1) is 10.6. The summed E-state index contributed by atoms with van der Waals surface area (Å²) in [5, 5.41) is 0. The average Bonchev–Trinajstić information content (AvgIpc) is 2.49. The largest absolute Gasteiger partial charge is 0.378 e. The number of halogens is 1. The van der Waals surface area contributed by atoms with Gasteiger partial charge in [-0.3, -0.25) is 4.98 Å². The van der Waals surface area contributed by atoms with Crippen molar-refractivity contribution in [2.75, 3.05) is 7.11 Å². The molecule has 0 bridgehead atoms. The highest BCUT2D eigenvalue weighted by Gasteiger charge is 2.10. The highest BCUT2D eigenvalue weighted by molar-refractivity contribution is 5.92. The van der Waals surface area contributed by atoms with Gasteiger partial charge in [0.1, 0.15) is 5.82 Å². The molecule has 0 fully saturated rings. The lowest BCUT2D eigenvalue weighted by Crippen LogP contribution is -1.97. The third-order valence-electron chi connectivity index (χ3n) is 3.60. The number of methoxy groups -OCH3 is 1. The van der Waals surface area contributed by atoms with E-state index in [0.717, 1.165) is 33.4 Å². The van der Waals surface area contributed by atoms with Crippen LogP contribution in [0.4, 0.5) is 4.39 Å². The first-order valence-corrected chi connectivity index (χ1v) is 7.10. The van der Waals surface area contributed by atoms with Gasteiger partial charge in [-0.25, -0.2) is 9.37 Å². The number of benzene rings is 2. The van der Waals surface area contributed by atoms with Crippen molar-refractivity contribution in [1.29, 1.82) is 0 Å². The van der Waals surface area contributed by atoms with E-state index in [1.54, 1.807) is 26.3 Å². The summed E-state index contributed by atoms with van der Waals surface area (Å²) in [7, 11) is 1.63. The van der Waals surface area contributed by atoms with Gasteiger partial charge in [-0.1, -0.05) is 6.07 Å². The summed E-state index contributed by atoms with van der Waals surface area (Å²) in [4.78, 5) is 9.12. The molecule has 1 aromatic heterocycles. The molecule has 3 nitrogen and oxygen atoms in total. The minimum absolute atomic E-state index is 0.200. The van der Waals surface area contributed by atoms with Crippen molar-refractivity contribution in [3.05, 3.63) is 59.2 Å². The van der Waals surface area contributed by atoms with E-state index in [1.807, 2.05) is 19.1 Å². The monoisotopic (exact) mass is 296 g/mol. The van der Waals surface area contributed by atoms with Gasteiger partial charge >= 0.3 is 0 Å². The summed E-state index contributed by atoms with van der Waals surface area (Å²) in [6, 6.07) is 9.17. The molecule has 0 amide bonds. The summed E-state index contributed by atoms with van der Waals surface area (Å²) in [6.45, 7) is 4.21. The lowest BCUT2D eigenvalue weighted by Gasteiger charge is -2.10. The molecule has 3 aromatic rings. The van der Waals surface area contributed by atoms with Gasteiger partial charge in [0, 0.05) is 12.7 Å². The number of nitrogens with zero attached hydrogens (tertiary/aromatic N) is 2. The maximum atomic E-state index is 13.5. The summed E-state index contributed by atoms with van der Waals surface area (Å²) >= 11 is 0. The van der Waals surface area contributed by atoms with Crippen LogP contribution < -0.4 is 0 Å². The molecular formula is C18H17FN2O. The fraction of sp³-hybridized carbons (Fsp3) is 0.222. The number of fused-ring (bicyclic) bond motifs is 1. The van der Waals surface area contributed by atoms with Gasteiger partial charge in [0.25, 0.3) is 0 Å². The molecule has 3 rings (SSSR count). The van der Waals surface area contributed by atoms with Crippen LogP contribution in [0.15, 0.2) is 36.5 Å². The van der Waals surface area contributed by atoms with E-state index >= 15 is 0 Å². The highest BCUT2D eigenvalue weighted by atomic mass is 19.1. The van der Waals surface area contributed by atoms with E-state index in [1.165, 1.54) is 6.07 Å². The van der Waals surface area contributed by atoms with Gasteiger partial charge in [0.2, 0.25) is 0 Å². The second kappa shape index (κ2) is 5.81. The number of rotatable bonds is 3. The van der Waals surface area contributed by atoms with Gasteiger partial charge in [-0.2, -0.15) is 0 Å². The summed E-state index contributed by atoms with van der Waals surface area (Å²) < 4.78 is 18.6. The third-order valence-corrected chi connectivity index (χ3v) is 3.60. The SMILES string of the molecule is COCc1cnc2c(-c3ccc(F)c(C)c3)cc(C)cc2n1. The molecule has 0 radical (unpaired) electrons. The van der Waals surface area contributed by atoms with Crippen LogP contribution in [0.1, 0.15) is 16.8 Å². The van der Waals surface area contributed by atoms with Crippen molar-refractivity contribution in [2.24, 2.45) is 0 Å². The van der Waals surface area contributed by atoms with Gasteiger partial charge in [0.15, 0.2) is 0 Å². The minimum atomic E-state index is -0.200. The van der Waals surface area contributed by atoms with Crippen LogP contribution in [0, 0.1) is 19.7 Å². The molecule has 0 aliphatic rings. The fourth-order valence-corrected chi connectivity index (χ4v) is 2.55. The average molecular weight is 296 g/mol. The molecule has 4 heteroatoms. The number of aryl methyl sites for hydroxylation is 2. The van der Waals surface area contributed by atoms with E-state index in [-0.39, 0.29) is 5.82 Å². The Morgan fingerprint density at radius 1 is 1.14 bits per heavy atom. The number of ether oxygens (including phenoxy) is 1. The maximum absolute atomic E-state index is 13.5. The molecule has 0 saturated carbocycles. The van der Waals surface area contributed by atoms with Crippen molar-refractivity contribution in [1.82, 2.24) is 9.97 Å². The van der Waals surface area contributed by atoms with E-state index in [2.05, 4.69) is 16.0 Å². The normalized spacial score (nSPS) is 11.1. The molecule has 0 atom stereocenters. The maximum Gasteiger partial charge on any atom is 0.126 e. The van der Waals surface area contributed by atoms with Gasteiger partial charge in [-0.05, 0) is 54.8 Å². The van der Waals surface area contributed by atoms with Crippen molar-refractivity contribution in [3.8, 4) is 11.1 Å². The first-order valence-electron chi connectivity index (χ1n) is 7.10. The molecule has 1 heterocycles. The Labute approximate surface area is 128 Å². The molecule has 2 aromatic carbocycles. The van der Waals surface area contributed by atoms with Gasteiger partial charge in [0.05, 0.1) is 29.5 Å². The van der Waals surface area contributed by atoms with Crippen LogP contribution in [0.25, 0.3) is 22.2 Å². The highest BCUT2D eigenvalue weighted by Crippen LogP contribution is 2.29. The Hall–Kier alpha value is -2.33. The Bertz CT molecular complexity index is 846. The predicted octanol–water partition coefficient (Wildman–Crippen LogP) is 4.20. The van der Waals surface area contributed by atoms with Crippen LogP contribution in [-0.2, 0) is 11.3 Å². The Morgan fingerprint density at radius 3 is 2.68 bits per heavy atom. The molecular weight excluding hydrogens is 279 g/mol. The molecule has 0 aliphatic carbocycles. The van der Waals surface area contributed by atoms with Crippen molar-refractivity contribution in [2.45, 2.75) is 20.5 Å². The Balaban J connectivity index is 2.22. The molecule has 0 spiro atoms. The molecule has 22 heavy (non-hydrogen) atoms. The summed E-state index contributed by atoms with van der Waals surface area (Å²) in [6.07, 6.45) is 1.72. The Kier molecular flexibility index (Phi) is 3.86. The molecule has 0 saturated heterocycles. The number of aromatic nitrogens is 2. The lowest BCUT2D eigenvalue weighted by molar-refractivity contribution is 0.181. The summed E-state index contributed by atoms with van der Waals surface area (Å²) in [5.74, 6) is -0.200.